The van der Waals surface area contributed by atoms with Crippen LogP contribution in [0.3, 0.4) is 0 Å². The van der Waals surface area contributed by atoms with Gasteiger partial charge in [0, 0.05) is 19.2 Å². The van der Waals surface area contributed by atoms with Gasteiger partial charge in [0.15, 0.2) is 0 Å². The summed E-state index contributed by atoms with van der Waals surface area (Å²) in [6.07, 6.45) is -0.234. The fourth-order valence-corrected chi connectivity index (χ4v) is 2.84. The summed E-state index contributed by atoms with van der Waals surface area (Å²) in [6.45, 7) is 5.17. The van der Waals surface area contributed by atoms with Crippen LogP contribution in [0, 0.1) is 0 Å². The molecule has 26 heavy (non-hydrogen) atoms. The molecule has 1 aromatic rings. The van der Waals surface area contributed by atoms with Crippen molar-refractivity contribution in [2.24, 2.45) is 5.73 Å². The van der Waals surface area contributed by atoms with E-state index in [1.54, 1.807) is 40.0 Å². The first-order chi connectivity index (χ1) is 12.1. The van der Waals surface area contributed by atoms with Gasteiger partial charge in [-0.3, -0.25) is 24.1 Å². The number of imide groups is 1. The van der Waals surface area contributed by atoms with Crippen molar-refractivity contribution >= 4 is 29.4 Å². The monoisotopic (exact) mass is 361 g/mol. The van der Waals surface area contributed by atoms with Crippen LogP contribution in [0.1, 0.15) is 54.3 Å². The summed E-state index contributed by atoms with van der Waals surface area (Å²) >= 11 is 0. The van der Waals surface area contributed by atoms with Gasteiger partial charge in [-0.15, -0.1) is 0 Å². The van der Waals surface area contributed by atoms with Crippen LogP contribution in [0.4, 0.5) is 5.69 Å². The highest BCUT2D eigenvalue weighted by Gasteiger charge is 2.43. The number of nitrogens with zero attached hydrogens (tertiary/aromatic N) is 1. The van der Waals surface area contributed by atoms with E-state index in [0.29, 0.717) is 5.69 Å². The molecule has 2 rings (SSSR count). The van der Waals surface area contributed by atoms with E-state index < -0.39 is 35.3 Å². The Balaban J connectivity index is 2.24. The molecule has 0 saturated heterocycles. The van der Waals surface area contributed by atoms with E-state index in [2.05, 4.69) is 5.32 Å². The molecule has 0 aromatic heterocycles. The number of carbonyl (C=O) groups excluding carboxylic acids is 4. The van der Waals surface area contributed by atoms with E-state index in [1.807, 2.05) is 0 Å². The molecule has 0 bridgehead atoms. The SMILES string of the molecule is CNc1cccc2c1C(=O)N([C@@H](CCC(=O)OC(C)(C)C)C(N)=O)C2=O. The molecule has 0 fully saturated rings. The minimum absolute atomic E-state index is 0.0927. The maximum Gasteiger partial charge on any atom is 0.306 e. The van der Waals surface area contributed by atoms with E-state index in [4.69, 9.17) is 10.5 Å². The number of ether oxygens (including phenoxy) is 1. The van der Waals surface area contributed by atoms with Crippen molar-refractivity contribution in [2.45, 2.75) is 45.3 Å². The van der Waals surface area contributed by atoms with Crippen LogP contribution in [0.15, 0.2) is 18.2 Å². The van der Waals surface area contributed by atoms with Gasteiger partial charge in [0.2, 0.25) is 5.91 Å². The average Bonchev–Trinajstić information content (AvgIpc) is 2.78. The lowest BCUT2D eigenvalue weighted by Gasteiger charge is -2.24. The molecule has 0 spiro atoms. The molecule has 0 aliphatic carbocycles. The molecule has 0 saturated carbocycles. The largest absolute Gasteiger partial charge is 0.460 e. The first-order valence-electron chi connectivity index (χ1n) is 8.26. The Morgan fingerprint density at radius 1 is 1.23 bits per heavy atom. The number of hydrogen-bond donors (Lipinski definition) is 2. The molecule has 140 valence electrons. The summed E-state index contributed by atoms with van der Waals surface area (Å²) in [5, 5.41) is 2.85. The number of amides is 3. The standard InChI is InChI=1S/C18H23N3O5/c1-18(2,3)26-13(22)9-8-12(15(19)23)21-16(24)10-6-5-7-11(20-4)14(10)17(21)25/h5-7,12,20H,8-9H2,1-4H3,(H2,19,23)/t12-/m0/s1. The van der Waals surface area contributed by atoms with Crippen LogP contribution < -0.4 is 11.1 Å². The zero-order valence-corrected chi connectivity index (χ0v) is 15.3. The summed E-state index contributed by atoms with van der Waals surface area (Å²) in [5.41, 5.74) is 5.62. The zero-order chi connectivity index (χ0) is 19.6. The number of carbonyl (C=O) groups is 4. The second kappa shape index (κ2) is 7.15. The third-order valence-electron chi connectivity index (χ3n) is 3.90. The van der Waals surface area contributed by atoms with Gasteiger partial charge in [-0.25, -0.2) is 0 Å². The smallest absolute Gasteiger partial charge is 0.306 e. The van der Waals surface area contributed by atoms with Gasteiger partial charge in [-0.2, -0.15) is 0 Å². The van der Waals surface area contributed by atoms with E-state index >= 15 is 0 Å². The van der Waals surface area contributed by atoms with Crippen LogP contribution in [-0.4, -0.2) is 47.3 Å². The summed E-state index contributed by atoms with van der Waals surface area (Å²) in [7, 11) is 1.63. The minimum atomic E-state index is -1.22. The number of benzene rings is 1. The van der Waals surface area contributed by atoms with E-state index in [9.17, 15) is 19.2 Å². The molecular formula is C18H23N3O5. The highest BCUT2D eigenvalue weighted by Crippen LogP contribution is 2.31. The van der Waals surface area contributed by atoms with Crippen molar-refractivity contribution in [1.82, 2.24) is 4.90 Å². The Morgan fingerprint density at radius 3 is 2.42 bits per heavy atom. The van der Waals surface area contributed by atoms with Gasteiger partial charge in [-0.05, 0) is 39.3 Å². The highest BCUT2D eigenvalue weighted by atomic mass is 16.6. The highest BCUT2D eigenvalue weighted by molar-refractivity contribution is 6.25. The molecule has 3 amide bonds. The minimum Gasteiger partial charge on any atom is -0.460 e. The molecule has 1 atom stereocenters. The van der Waals surface area contributed by atoms with E-state index in [-0.39, 0.29) is 24.0 Å². The van der Waals surface area contributed by atoms with Gasteiger partial charge in [0.25, 0.3) is 11.8 Å². The van der Waals surface area contributed by atoms with Crippen molar-refractivity contribution < 1.29 is 23.9 Å². The Labute approximate surface area is 151 Å². The van der Waals surface area contributed by atoms with Crippen LogP contribution in [0.5, 0.6) is 0 Å². The number of hydrogen-bond acceptors (Lipinski definition) is 6. The number of anilines is 1. The molecule has 1 aliphatic heterocycles. The fourth-order valence-electron chi connectivity index (χ4n) is 2.84. The van der Waals surface area contributed by atoms with Crippen molar-refractivity contribution in [3.8, 4) is 0 Å². The van der Waals surface area contributed by atoms with Gasteiger partial charge in [0.05, 0.1) is 11.1 Å². The fraction of sp³-hybridized carbons (Fsp3) is 0.444. The van der Waals surface area contributed by atoms with Crippen LogP contribution in [-0.2, 0) is 14.3 Å². The molecule has 8 nitrogen and oxygen atoms in total. The lowest BCUT2D eigenvalue weighted by molar-refractivity contribution is -0.155. The molecular weight excluding hydrogens is 338 g/mol. The second-order valence-corrected chi connectivity index (χ2v) is 7.00. The lowest BCUT2D eigenvalue weighted by atomic mass is 10.1. The van der Waals surface area contributed by atoms with Crippen molar-refractivity contribution in [3.63, 3.8) is 0 Å². The van der Waals surface area contributed by atoms with E-state index in [1.165, 1.54) is 6.07 Å². The van der Waals surface area contributed by atoms with E-state index in [0.717, 1.165) is 4.90 Å². The Hall–Kier alpha value is -2.90. The van der Waals surface area contributed by atoms with Gasteiger partial charge in [-0.1, -0.05) is 6.07 Å². The van der Waals surface area contributed by atoms with Crippen molar-refractivity contribution in [2.75, 3.05) is 12.4 Å². The molecule has 3 N–H and O–H groups in total. The van der Waals surface area contributed by atoms with Gasteiger partial charge >= 0.3 is 5.97 Å². The number of esters is 1. The third-order valence-corrected chi connectivity index (χ3v) is 3.90. The molecule has 0 radical (unpaired) electrons. The van der Waals surface area contributed by atoms with Crippen molar-refractivity contribution in [3.05, 3.63) is 29.3 Å². The Kier molecular flexibility index (Phi) is 5.34. The zero-order valence-electron chi connectivity index (χ0n) is 15.3. The maximum absolute atomic E-state index is 12.7. The topological polar surface area (TPSA) is 119 Å². The molecule has 1 aliphatic rings. The number of primary amides is 1. The number of fused-ring (bicyclic) bond motifs is 1. The first kappa shape index (κ1) is 19.4. The number of nitrogens with two attached hydrogens (primary N) is 1. The summed E-state index contributed by atoms with van der Waals surface area (Å²) < 4.78 is 5.19. The quantitative estimate of drug-likeness (QED) is 0.582. The predicted octanol–water partition coefficient (Wildman–Crippen LogP) is 1.30. The number of rotatable bonds is 6. The summed E-state index contributed by atoms with van der Waals surface area (Å²) in [4.78, 5) is 50.0. The Bertz CT molecular complexity index is 767. The number of nitrogens with one attached hydrogen (secondary N) is 1. The summed E-state index contributed by atoms with van der Waals surface area (Å²) in [5.74, 6) is -2.59. The van der Waals surface area contributed by atoms with Gasteiger partial charge < -0.3 is 15.8 Å². The molecule has 1 aromatic carbocycles. The first-order valence-corrected chi connectivity index (χ1v) is 8.26. The maximum atomic E-state index is 12.7. The average molecular weight is 361 g/mol. The van der Waals surface area contributed by atoms with Gasteiger partial charge in [0.1, 0.15) is 11.6 Å². The lowest BCUT2D eigenvalue weighted by Crippen LogP contribution is -2.48. The normalized spacial score (nSPS) is 14.8. The van der Waals surface area contributed by atoms with Crippen molar-refractivity contribution in [1.29, 1.82) is 0 Å². The summed E-state index contributed by atoms with van der Waals surface area (Å²) in [6, 6.07) is 3.59. The molecule has 0 unspecified atom stereocenters. The third kappa shape index (κ3) is 3.84. The molecule has 8 heteroatoms. The van der Waals surface area contributed by atoms with Crippen LogP contribution in [0.25, 0.3) is 0 Å². The molecule has 1 heterocycles. The predicted molar refractivity (Wildman–Crippen MR) is 94.6 cm³/mol. The second-order valence-electron chi connectivity index (χ2n) is 7.00. The Morgan fingerprint density at radius 2 is 1.88 bits per heavy atom. The van der Waals surface area contributed by atoms with Crippen LogP contribution in [0.2, 0.25) is 0 Å². The van der Waals surface area contributed by atoms with Crippen LogP contribution >= 0.6 is 0 Å².